The summed E-state index contributed by atoms with van der Waals surface area (Å²) in [6, 6.07) is 0. The second-order valence-electron chi connectivity index (χ2n) is 5.74. The number of nitrogens with zero attached hydrogens (tertiary/aromatic N) is 2. The zero-order valence-corrected chi connectivity index (χ0v) is 14.0. The first-order valence-corrected chi connectivity index (χ1v) is 8.28. The van der Waals surface area contributed by atoms with Crippen molar-refractivity contribution in [1.82, 2.24) is 9.78 Å². The van der Waals surface area contributed by atoms with Gasteiger partial charge in [-0.3, -0.25) is 9.48 Å². The minimum absolute atomic E-state index is 0.142. The Hall–Kier alpha value is -0.870. The molecule has 1 aliphatic carbocycles. The number of carbonyl (C=O) groups is 1. The molecule has 4 nitrogen and oxygen atoms in total. The second kappa shape index (κ2) is 6.93. The Balaban J connectivity index is 2.24. The number of ketones is 1. The minimum atomic E-state index is -0.614. The molecule has 1 aromatic rings. The van der Waals surface area contributed by atoms with Gasteiger partial charge in [-0.05, 0) is 26.2 Å². The lowest BCUT2D eigenvalue weighted by atomic mass is 9.80. The van der Waals surface area contributed by atoms with Crippen molar-refractivity contribution >= 4 is 17.4 Å². The molecule has 0 unspecified atom stereocenters. The van der Waals surface area contributed by atoms with Crippen molar-refractivity contribution in [3.63, 3.8) is 0 Å². The maximum absolute atomic E-state index is 12.8. The van der Waals surface area contributed by atoms with E-state index in [1.54, 1.807) is 7.11 Å². The molecule has 2 rings (SSSR count). The molecule has 1 fully saturated rings. The highest BCUT2D eigenvalue weighted by Crippen LogP contribution is 2.34. The predicted octanol–water partition coefficient (Wildman–Crippen LogP) is 3.58. The number of hydrogen-bond acceptors (Lipinski definition) is 3. The van der Waals surface area contributed by atoms with E-state index in [0.29, 0.717) is 11.4 Å². The molecule has 1 saturated carbocycles. The Kier molecular flexibility index (Phi) is 5.44. The molecule has 21 heavy (non-hydrogen) atoms. The molecule has 0 radical (unpaired) electrons. The SMILES string of the molecule is CCc1nn(CC)c(CC(=O)C2(OC)CCCCC2)c1Cl. The van der Waals surface area contributed by atoms with Crippen LogP contribution in [0.4, 0.5) is 0 Å². The van der Waals surface area contributed by atoms with E-state index in [-0.39, 0.29) is 5.78 Å². The van der Waals surface area contributed by atoms with Crippen LogP contribution in [0.25, 0.3) is 0 Å². The standard InChI is InChI=1S/C16H25ClN2O2/c1-4-12-15(17)13(19(5-2)18-12)11-14(20)16(21-3)9-7-6-8-10-16/h4-11H2,1-3H3. The van der Waals surface area contributed by atoms with Crippen LogP contribution in [0, 0.1) is 0 Å². The third kappa shape index (κ3) is 3.16. The van der Waals surface area contributed by atoms with Crippen molar-refractivity contribution in [2.45, 2.75) is 70.9 Å². The van der Waals surface area contributed by atoms with Gasteiger partial charge in [-0.2, -0.15) is 5.10 Å². The molecule has 0 bridgehead atoms. The monoisotopic (exact) mass is 312 g/mol. The molecule has 5 heteroatoms. The first kappa shape index (κ1) is 16.5. The third-order valence-corrected chi connectivity index (χ3v) is 5.02. The molecule has 1 aliphatic rings. The molecule has 1 heterocycles. The van der Waals surface area contributed by atoms with Crippen molar-refractivity contribution in [3.8, 4) is 0 Å². The van der Waals surface area contributed by atoms with Gasteiger partial charge in [-0.1, -0.05) is 37.8 Å². The molecule has 0 amide bonds. The Labute approximate surface area is 131 Å². The first-order chi connectivity index (χ1) is 10.1. The van der Waals surface area contributed by atoms with E-state index in [4.69, 9.17) is 16.3 Å². The van der Waals surface area contributed by atoms with Crippen LogP contribution in [0.2, 0.25) is 5.02 Å². The lowest BCUT2D eigenvalue weighted by Gasteiger charge is -2.34. The highest BCUT2D eigenvalue weighted by atomic mass is 35.5. The highest BCUT2D eigenvalue weighted by Gasteiger charge is 2.39. The van der Waals surface area contributed by atoms with E-state index in [9.17, 15) is 4.79 Å². The van der Waals surface area contributed by atoms with Gasteiger partial charge in [0.2, 0.25) is 0 Å². The minimum Gasteiger partial charge on any atom is -0.370 e. The van der Waals surface area contributed by atoms with Gasteiger partial charge in [-0.15, -0.1) is 0 Å². The Morgan fingerprint density at radius 1 is 1.33 bits per heavy atom. The summed E-state index contributed by atoms with van der Waals surface area (Å²) in [5, 5.41) is 5.13. The van der Waals surface area contributed by atoms with Crippen LogP contribution in [-0.2, 0) is 28.9 Å². The molecular weight excluding hydrogens is 288 g/mol. The van der Waals surface area contributed by atoms with E-state index in [0.717, 1.165) is 50.0 Å². The molecule has 0 spiro atoms. The van der Waals surface area contributed by atoms with Crippen LogP contribution in [0.15, 0.2) is 0 Å². The number of Topliss-reactive ketones (excluding diaryl/α,β-unsaturated/α-hetero) is 1. The van der Waals surface area contributed by atoms with E-state index < -0.39 is 5.60 Å². The second-order valence-corrected chi connectivity index (χ2v) is 6.11. The number of methoxy groups -OCH3 is 1. The van der Waals surface area contributed by atoms with Crippen LogP contribution >= 0.6 is 11.6 Å². The molecule has 0 N–H and O–H groups in total. The van der Waals surface area contributed by atoms with E-state index >= 15 is 0 Å². The number of aryl methyl sites for hydroxylation is 2. The molecule has 1 aromatic heterocycles. The summed E-state index contributed by atoms with van der Waals surface area (Å²) in [4.78, 5) is 12.8. The van der Waals surface area contributed by atoms with Gasteiger partial charge in [0.25, 0.3) is 0 Å². The summed E-state index contributed by atoms with van der Waals surface area (Å²) in [6.07, 6.45) is 6.03. The van der Waals surface area contributed by atoms with Crippen LogP contribution in [0.1, 0.15) is 57.3 Å². The van der Waals surface area contributed by atoms with Crippen LogP contribution in [-0.4, -0.2) is 28.3 Å². The average molecular weight is 313 g/mol. The quantitative estimate of drug-likeness (QED) is 0.806. The van der Waals surface area contributed by atoms with Crippen molar-refractivity contribution in [2.75, 3.05) is 7.11 Å². The van der Waals surface area contributed by atoms with Gasteiger partial charge < -0.3 is 4.74 Å². The molecule has 0 aromatic carbocycles. The molecule has 0 atom stereocenters. The predicted molar refractivity (Wildman–Crippen MR) is 83.8 cm³/mol. The maximum Gasteiger partial charge on any atom is 0.170 e. The Morgan fingerprint density at radius 3 is 2.52 bits per heavy atom. The van der Waals surface area contributed by atoms with Gasteiger partial charge >= 0.3 is 0 Å². The van der Waals surface area contributed by atoms with Gasteiger partial charge in [0.05, 0.1) is 22.8 Å². The summed E-state index contributed by atoms with van der Waals surface area (Å²) in [6.45, 7) is 4.77. The lowest BCUT2D eigenvalue weighted by molar-refractivity contribution is -0.144. The number of rotatable bonds is 6. The summed E-state index contributed by atoms with van der Waals surface area (Å²) in [7, 11) is 1.65. The summed E-state index contributed by atoms with van der Waals surface area (Å²) in [5.41, 5.74) is 1.09. The molecular formula is C16H25ClN2O2. The smallest absolute Gasteiger partial charge is 0.170 e. The van der Waals surface area contributed by atoms with Crippen molar-refractivity contribution in [2.24, 2.45) is 0 Å². The van der Waals surface area contributed by atoms with Gasteiger partial charge in [0.15, 0.2) is 5.78 Å². The fraction of sp³-hybridized carbons (Fsp3) is 0.750. The summed E-state index contributed by atoms with van der Waals surface area (Å²) >= 11 is 6.40. The van der Waals surface area contributed by atoms with E-state index in [1.165, 1.54) is 6.42 Å². The maximum atomic E-state index is 12.8. The number of halogens is 1. The third-order valence-electron chi connectivity index (χ3n) is 4.58. The Morgan fingerprint density at radius 2 is 2.00 bits per heavy atom. The average Bonchev–Trinajstić information content (AvgIpc) is 2.83. The van der Waals surface area contributed by atoms with Crippen LogP contribution in [0.3, 0.4) is 0 Å². The largest absolute Gasteiger partial charge is 0.370 e. The zero-order valence-electron chi connectivity index (χ0n) is 13.2. The Bertz CT molecular complexity index is 505. The normalized spacial score (nSPS) is 17.9. The fourth-order valence-electron chi connectivity index (χ4n) is 3.22. The van der Waals surface area contributed by atoms with Crippen molar-refractivity contribution in [1.29, 1.82) is 0 Å². The van der Waals surface area contributed by atoms with E-state index in [2.05, 4.69) is 5.10 Å². The zero-order chi connectivity index (χ0) is 15.5. The number of carbonyl (C=O) groups excluding carboxylic acids is 1. The van der Waals surface area contributed by atoms with Crippen molar-refractivity contribution in [3.05, 3.63) is 16.4 Å². The fourth-order valence-corrected chi connectivity index (χ4v) is 3.55. The number of ether oxygens (including phenoxy) is 1. The van der Waals surface area contributed by atoms with Crippen molar-refractivity contribution < 1.29 is 9.53 Å². The van der Waals surface area contributed by atoms with Crippen LogP contribution < -0.4 is 0 Å². The topological polar surface area (TPSA) is 44.1 Å². The van der Waals surface area contributed by atoms with Gasteiger partial charge in [0.1, 0.15) is 5.60 Å². The van der Waals surface area contributed by atoms with E-state index in [1.807, 2.05) is 18.5 Å². The number of aromatic nitrogens is 2. The van der Waals surface area contributed by atoms with Gasteiger partial charge in [0, 0.05) is 13.7 Å². The molecule has 0 aliphatic heterocycles. The van der Waals surface area contributed by atoms with Crippen LogP contribution in [0.5, 0.6) is 0 Å². The number of hydrogen-bond donors (Lipinski definition) is 0. The highest BCUT2D eigenvalue weighted by molar-refractivity contribution is 6.32. The first-order valence-electron chi connectivity index (χ1n) is 7.90. The molecule has 0 saturated heterocycles. The summed E-state index contributed by atoms with van der Waals surface area (Å²) in [5.74, 6) is 0.142. The lowest BCUT2D eigenvalue weighted by Crippen LogP contribution is -2.43. The molecule has 118 valence electrons. The van der Waals surface area contributed by atoms with Gasteiger partial charge in [-0.25, -0.2) is 0 Å². The summed E-state index contributed by atoms with van der Waals surface area (Å²) < 4.78 is 7.49.